The van der Waals surface area contributed by atoms with Gasteiger partial charge in [0.2, 0.25) is 0 Å². The van der Waals surface area contributed by atoms with E-state index in [1.54, 1.807) is 0 Å². The van der Waals surface area contributed by atoms with E-state index in [0.29, 0.717) is 5.92 Å². The number of imidazole rings is 1. The van der Waals surface area contributed by atoms with Crippen molar-refractivity contribution in [3.63, 3.8) is 0 Å². The fourth-order valence-corrected chi connectivity index (χ4v) is 3.14. The van der Waals surface area contributed by atoms with Gasteiger partial charge in [0.15, 0.2) is 0 Å². The maximum atomic E-state index is 9.50. The highest BCUT2D eigenvalue weighted by Gasteiger charge is 2.42. The molecular weight excluding hydrogens is 224 g/mol. The molecule has 1 saturated carbocycles. The van der Waals surface area contributed by atoms with Gasteiger partial charge in [0.25, 0.3) is 0 Å². The first-order chi connectivity index (χ1) is 8.72. The Morgan fingerprint density at radius 3 is 3.11 bits per heavy atom. The van der Waals surface area contributed by atoms with Crippen molar-refractivity contribution >= 4 is 0 Å². The van der Waals surface area contributed by atoms with Crippen LogP contribution in [0.25, 0.3) is 0 Å². The number of nitrogens with zero attached hydrogens (tertiary/aromatic N) is 3. The number of nitrogens with one attached hydrogen (secondary N) is 1. The average molecular weight is 246 g/mol. The number of aromatic nitrogens is 2. The summed E-state index contributed by atoms with van der Waals surface area (Å²) in [7, 11) is 0. The third-order valence-corrected chi connectivity index (χ3v) is 4.15. The molecule has 1 fully saturated rings. The summed E-state index contributed by atoms with van der Waals surface area (Å²) in [5.41, 5.74) is -0.288. The summed E-state index contributed by atoms with van der Waals surface area (Å²) in [6.07, 6.45) is 8.22. The molecule has 0 spiro atoms. The SMILES string of the molecule is CCNC1(C#N)CCCC1CCn1ccnc1C. The van der Waals surface area contributed by atoms with Crippen LogP contribution >= 0.6 is 0 Å². The second kappa shape index (κ2) is 5.53. The van der Waals surface area contributed by atoms with Crippen LogP contribution in [0.5, 0.6) is 0 Å². The zero-order valence-electron chi connectivity index (χ0n) is 11.3. The fraction of sp³-hybridized carbons (Fsp3) is 0.714. The van der Waals surface area contributed by atoms with Gasteiger partial charge in [-0.3, -0.25) is 5.32 Å². The quantitative estimate of drug-likeness (QED) is 0.867. The molecule has 98 valence electrons. The van der Waals surface area contributed by atoms with Crippen LogP contribution in [0.2, 0.25) is 0 Å². The minimum atomic E-state index is -0.288. The molecule has 2 atom stereocenters. The topological polar surface area (TPSA) is 53.6 Å². The molecule has 2 unspecified atom stereocenters. The predicted octanol–water partition coefficient (Wildman–Crippen LogP) is 2.25. The van der Waals surface area contributed by atoms with Crippen molar-refractivity contribution in [3.8, 4) is 6.07 Å². The van der Waals surface area contributed by atoms with Crippen molar-refractivity contribution < 1.29 is 0 Å². The molecule has 1 N–H and O–H groups in total. The normalized spacial score (nSPS) is 27.3. The summed E-state index contributed by atoms with van der Waals surface area (Å²) in [5, 5.41) is 12.9. The Morgan fingerprint density at radius 1 is 1.67 bits per heavy atom. The van der Waals surface area contributed by atoms with Crippen molar-refractivity contribution in [2.24, 2.45) is 5.92 Å². The molecule has 1 aliphatic rings. The number of nitriles is 1. The lowest BCUT2D eigenvalue weighted by Gasteiger charge is -2.29. The van der Waals surface area contributed by atoms with Crippen molar-refractivity contribution in [1.82, 2.24) is 14.9 Å². The molecule has 1 aromatic rings. The van der Waals surface area contributed by atoms with Crippen LogP contribution < -0.4 is 5.32 Å². The molecule has 18 heavy (non-hydrogen) atoms. The van der Waals surface area contributed by atoms with Crippen LogP contribution in [0.1, 0.15) is 38.4 Å². The second-order valence-electron chi connectivity index (χ2n) is 5.16. The molecule has 0 radical (unpaired) electrons. The van der Waals surface area contributed by atoms with Crippen LogP contribution in [0.15, 0.2) is 12.4 Å². The Kier molecular flexibility index (Phi) is 4.03. The predicted molar refractivity (Wildman–Crippen MR) is 70.9 cm³/mol. The van der Waals surface area contributed by atoms with Crippen LogP contribution in [-0.2, 0) is 6.54 Å². The van der Waals surface area contributed by atoms with Crippen molar-refractivity contribution in [2.75, 3.05) is 6.54 Å². The number of hydrogen-bond acceptors (Lipinski definition) is 3. The zero-order valence-corrected chi connectivity index (χ0v) is 11.3. The van der Waals surface area contributed by atoms with Crippen molar-refractivity contribution in [1.29, 1.82) is 5.26 Å². The monoisotopic (exact) mass is 246 g/mol. The van der Waals surface area contributed by atoms with Gasteiger partial charge in [-0.2, -0.15) is 5.26 Å². The van der Waals surface area contributed by atoms with E-state index >= 15 is 0 Å². The Bertz CT molecular complexity index is 431. The highest BCUT2D eigenvalue weighted by molar-refractivity contribution is 5.14. The third kappa shape index (κ3) is 2.41. The largest absolute Gasteiger partial charge is 0.335 e. The summed E-state index contributed by atoms with van der Waals surface area (Å²) in [4.78, 5) is 4.24. The van der Waals surface area contributed by atoms with Crippen LogP contribution in [0.3, 0.4) is 0 Å². The minimum Gasteiger partial charge on any atom is -0.335 e. The van der Waals surface area contributed by atoms with Gasteiger partial charge in [0, 0.05) is 18.9 Å². The summed E-state index contributed by atoms with van der Waals surface area (Å²) >= 11 is 0. The van der Waals surface area contributed by atoms with Gasteiger partial charge < -0.3 is 4.57 Å². The van der Waals surface area contributed by atoms with Gasteiger partial charge in [0.05, 0.1) is 6.07 Å². The van der Waals surface area contributed by atoms with Crippen LogP contribution in [0.4, 0.5) is 0 Å². The lowest BCUT2D eigenvalue weighted by Crippen LogP contribution is -2.47. The molecule has 2 rings (SSSR count). The lowest BCUT2D eigenvalue weighted by molar-refractivity contribution is 0.294. The first-order valence-corrected chi connectivity index (χ1v) is 6.86. The van der Waals surface area contributed by atoms with Crippen molar-refractivity contribution in [2.45, 2.75) is 51.6 Å². The van der Waals surface area contributed by atoms with Gasteiger partial charge in [-0.25, -0.2) is 4.98 Å². The number of hydrogen-bond donors (Lipinski definition) is 1. The fourth-order valence-electron chi connectivity index (χ4n) is 3.14. The highest BCUT2D eigenvalue weighted by atomic mass is 15.1. The smallest absolute Gasteiger partial charge is 0.109 e. The molecule has 4 heteroatoms. The highest BCUT2D eigenvalue weighted by Crippen LogP contribution is 2.37. The standard InChI is InChI=1S/C14H22N4/c1-3-17-14(11-15)7-4-5-13(14)6-9-18-10-8-16-12(18)2/h8,10,13,17H,3-7,9H2,1-2H3. The van der Waals surface area contributed by atoms with Gasteiger partial charge in [0.1, 0.15) is 11.4 Å². The maximum Gasteiger partial charge on any atom is 0.109 e. The molecule has 0 aromatic carbocycles. The van der Waals surface area contributed by atoms with E-state index < -0.39 is 0 Å². The number of aryl methyl sites for hydroxylation is 2. The van der Waals surface area contributed by atoms with E-state index in [4.69, 9.17) is 0 Å². The van der Waals surface area contributed by atoms with E-state index in [1.165, 1.54) is 0 Å². The van der Waals surface area contributed by atoms with Crippen LogP contribution in [-0.4, -0.2) is 21.6 Å². The van der Waals surface area contributed by atoms with Crippen LogP contribution in [0, 0.1) is 24.2 Å². The maximum absolute atomic E-state index is 9.50. The first-order valence-electron chi connectivity index (χ1n) is 6.86. The lowest BCUT2D eigenvalue weighted by atomic mass is 9.86. The molecule has 0 saturated heterocycles. The summed E-state index contributed by atoms with van der Waals surface area (Å²) in [5.74, 6) is 1.52. The Hall–Kier alpha value is -1.34. The van der Waals surface area contributed by atoms with Gasteiger partial charge >= 0.3 is 0 Å². The third-order valence-electron chi connectivity index (χ3n) is 4.15. The van der Waals surface area contributed by atoms with Crippen molar-refractivity contribution in [3.05, 3.63) is 18.2 Å². The Labute approximate surface area is 109 Å². The average Bonchev–Trinajstić information content (AvgIpc) is 2.94. The molecule has 1 aliphatic carbocycles. The summed E-state index contributed by atoms with van der Waals surface area (Å²) in [6, 6.07) is 2.54. The molecular formula is C14H22N4. The first kappa shape index (κ1) is 13.1. The molecule has 1 aromatic heterocycles. The van der Waals surface area contributed by atoms with Gasteiger partial charge in [-0.1, -0.05) is 13.3 Å². The molecule has 1 heterocycles. The van der Waals surface area contributed by atoms with E-state index in [0.717, 1.165) is 44.6 Å². The molecule has 0 amide bonds. The second-order valence-corrected chi connectivity index (χ2v) is 5.16. The summed E-state index contributed by atoms with van der Waals surface area (Å²) in [6.45, 7) is 5.93. The van der Waals surface area contributed by atoms with E-state index in [2.05, 4.69) is 27.9 Å². The zero-order chi connectivity index (χ0) is 13.0. The van der Waals surface area contributed by atoms with E-state index in [1.807, 2.05) is 19.3 Å². The Balaban J connectivity index is 2.00. The molecule has 0 bridgehead atoms. The molecule has 0 aliphatic heterocycles. The van der Waals surface area contributed by atoms with E-state index in [-0.39, 0.29) is 5.54 Å². The number of rotatable bonds is 5. The van der Waals surface area contributed by atoms with Gasteiger partial charge in [-0.05, 0) is 38.6 Å². The van der Waals surface area contributed by atoms with E-state index in [9.17, 15) is 5.26 Å². The summed E-state index contributed by atoms with van der Waals surface area (Å²) < 4.78 is 2.17. The molecule has 4 nitrogen and oxygen atoms in total. The minimum absolute atomic E-state index is 0.288. The van der Waals surface area contributed by atoms with Gasteiger partial charge in [-0.15, -0.1) is 0 Å². The Morgan fingerprint density at radius 2 is 2.50 bits per heavy atom.